The van der Waals surface area contributed by atoms with E-state index in [4.69, 9.17) is 9.47 Å². The zero-order chi connectivity index (χ0) is 21.1. The number of likely N-dealkylation sites (tertiary alicyclic amines) is 1. The van der Waals surface area contributed by atoms with E-state index < -0.39 is 0 Å². The van der Waals surface area contributed by atoms with Gasteiger partial charge < -0.3 is 24.7 Å². The van der Waals surface area contributed by atoms with Gasteiger partial charge in [0, 0.05) is 47.7 Å². The van der Waals surface area contributed by atoms with Crippen LogP contribution in [0.25, 0.3) is 10.9 Å². The number of hydrogen-bond donors (Lipinski definition) is 2. The van der Waals surface area contributed by atoms with Crippen LogP contribution in [0.3, 0.4) is 0 Å². The van der Waals surface area contributed by atoms with Crippen LogP contribution >= 0.6 is 0 Å². The number of ether oxygens (including phenoxy) is 2. The maximum atomic E-state index is 12.9. The van der Waals surface area contributed by atoms with E-state index >= 15 is 0 Å². The van der Waals surface area contributed by atoms with Gasteiger partial charge in [-0.2, -0.15) is 0 Å². The summed E-state index contributed by atoms with van der Waals surface area (Å²) in [6.45, 7) is 1.07. The van der Waals surface area contributed by atoms with Crippen LogP contribution in [0.5, 0.6) is 11.5 Å². The molecule has 30 heavy (non-hydrogen) atoms. The standard InChI is InChI=1S/C23H25N3O4/c1-29-17-12-16(13-18(14-17)30-2)23(28)26-10-7-15(8-11-26)22(27)25-21-5-3-4-20-19(21)6-9-24-20/h3-6,9,12-15,24H,7-8,10-11H2,1-2H3,(H,25,27). The first-order valence-corrected chi connectivity index (χ1v) is 9.98. The van der Waals surface area contributed by atoms with E-state index in [1.807, 2.05) is 30.5 Å². The normalized spacial score (nSPS) is 14.5. The predicted molar refractivity (Wildman–Crippen MR) is 115 cm³/mol. The lowest BCUT2D eigenvalue weighted by Gasteiger charge is -2.31. The molecule has 3 aromatic rings. The Morgan fingerprint density at radius 1 is 1.03 bits per heavy atom. The number of nitrogens with zero attached hydrogens (tertiary/aromatic N) is 1. The quantitative estimate of drug-likeness (QED) is 0.676. The summed E-state index contributed by atoms with van der Waals surface area (Å²) in [6.07, 6.45) is 3.11. The molecule has 0 spiro atoms. The van der Waals surface area contributed by atoms with Crippen molar-refractivity contribution in [3.63, 3.8) is 0 Å². The summed E-state index contributed by atoms with van der Waals surface area (Å²) in [5.74, 6) is 0.946. The number of nitrogens with one attached hydrogen (secondary N) is 2. The van der Waals surface area contributed by atoms with Crippen molar-refractivity contribution in [3.8, 4) is 11.5 Å². The maximum absolute atomic E-state index is 12.9. The molecule has 0 unspecified atom stereocenters. The van der Waals surface area contributed by atoms with Crippen LogP contribution in [0, 0.1) is 5.92 Å². The molecular formula is C23H25N3O4. The van der Waals surface area contributed by atoms with E-state index in [-0.39, 0.29) is 17.7 Å². The Morgan fingerprint density at radius 2 is 1.73 bits per heavy atom. The lowest BCUT2D eigenvalue weighted by Crippen LogP contribution is -2.41. The predicted octanol–water partition coefficient (Wildman–Crippen LogP) is 3.68. The fourth-order valence-electron chi connectivity index (χ4n) is 3.89. The van der Waals surface area contributed by atoms with E-state index in [0.717, 1.165) is 16.6 Å². The first-order chi connectivity index (χ1) is 14.6. The van der Waals surface area contributed by atoms with E-state index in [9.17, 15) is 9.59 Å². The summed E-state index contributed by atoms with van der Waals surface area (Å²) in [5, 5.41) is 4.04. The fraction of sp³-hybridized carbons (Fsp3) is 0.304. The van der Waals surface area contributed by atoms with Crippen LogP contribution in [-0.2, 0) is 4.79 Å². The molecule has 0 aliphatic carbocycles. The molecule has 7 nitrogen and oxygen atoms in total. The highest BCUT2D eigenvalue weighted by molar-refractivity contribution is 6.02. The molecule has 1 saturated heterocycles. The molecule has 1 fully saturated rings. The number of piperidine rings is 1. The Labute approximate surface area is 175 Å². The molecule has 2 heterocycles. The molecular weight excluding hydrogens is 382 g/mol. The van der Waals surface area contributed by atoms with E-state index in [2.05, 4.69) is 10.3 Å². The van der Waals surface area contributed by atoms with E-state index in [1.54, 1.807) is 37.3 Å². The van der Waals surface area contributed by atoms with Gasteiger partial charge in [-0.05, 0) is 43.2 Å². The minimum absolute atomic E-state index is 0.00107. The molecule has 2 N–H and O–H groups in total. The number of anilines is 1. The van der Waals surface area contributed by atoms with Crippen LogP contribution in [0.15, 0.2) is 48.7 Å². The molecule has 1 aliphatic heterocycles. The number of carbonyl (C=O) groups excluding carboxylic acids is 2. The van der Waals surface area contributed by atoms with Gasteiger partial charge in [-0.1, -0.05) is 6.07 Å². The van der Waals surface area contributed by atoms with Crippen molar-refractivity contribution >= 4 is 28.4 Å². The summed E-state index contributed by atoms with van der Waals surface area (Å²) >= 11 is 0. The smallest absolute Gasteiger partial charge is 0.254 e. The average Bonchev–Trinajstić information content (AvgIpc) is 3.28. The van der Waals surface area contributed by atoms with Gasteiger partial charge in [0.25, 0.3) is 5.91 Å². The number of methoxy groups -OCH3 is 2. The van der Waals surface area contributed by atoms with Crippen molar-refractivity contribution in [2.45, 2.75) is 12.8 Å². The number of aromatic nitrogens is 1. The fourth-order valence-corrected chi connectivity index (χ4v) is 3.89. The number of carbonyl (C=O) groups is 2. The Kier molecular flexibility index (Phi) is 5.61. The van der Waals surface area contributed by atoms with Crippen molar-refractivity contribution in [2.75, 3.05) is 32.6 Å². The van der Waals surface area contributed by atoms with Gasteiger partial charge in [0.05, 0.1) is 19.9 Å². The zero-order valence-electron chi connectivity index (χ0n) is 17.1. The number of benzene rings is 2. The molecule has 7 heteroatoms. The molecule has 2 aromatic carbocycles. The average molecular weight is 407 g/mol. The topological polar surface area (TPSA) is 83.7 Å². The number of aromatic amines is 1. The third-order valence-electron chi connectivity index (χ3n) is 5.60. The van der Waals surface area contributed by atoms with Crippen LogP contribution < -0.4 is 14.8 Å². The molecule has 0 bridgehead atoms. The van der Waals surface area contributed by atoms with Gasteiger partial charge in [-0.3, -0.25) is 9.59 Å². The van der Waals surface area contributed by atoms with Gasteiger partial charge in [0.15, 0.2) is 0 Å². The minimum Gasteiger partial charge on any atom is -0.497 e. The van der Waals surface area contributed by atoms with E-state index in [1.165, 1.54) is 0 Å². The molecule has 2 amide bonds. The summed E-state index contributed by atoms with van der Waals surface area (Å²) in [7, 11) is 3.11. The number of H-pyrrole nitrogens is 1. The second kappa shape index (κ2) is 8.49. The molecule has 0 radical (unpaired) electrons. The number of rotatable bonds is 5. The number of fused-ring (bicyclic) bond motifs is 1. The van der Waals surface area contributed by atoms with Crippen LogP contribution in [0.2, 0.25) is 0 Å². The van der Waals surface area contributed by atoms with Gasteiger partial charge in [-0.25, -0.2) is 0 Å². The summed E-state index contributed by atoms with van der Waals surface area (Å²) < 4.78 is 10.5. The summed E-state index contributed by atoms with van der Waals surface area (Å²) in [4.78, 5) is 30.7. The molecule has 0 atom stereocenters. The third-order valence-corrected chi connectivity index (χ3v) is 5.60. The highest BCUT2D eigenvalue weighted by Gasteiger charge is 2.28. The van der Waals surface area contributed by atoms with Crippen LogP contribution in [0.1, 0.15) is 23.2 Å². The SMILES string of the molecule is COc1cc(OC)cc(C(=O)N2CCC(C(=O)Nc3cccc4[nH]ccc34)CC2)c1. The summed E-state index contributed by atoms with van der Waals surface area (Å²) in [6, 6.07) is 12.9. The Bertz CT molecular complexity index is 1050. The molecule has 0 saturated carbocycles. The first kappa shape index (κ1) is 19.8. The first-order valence-electron chi connectivity index (χ1n) is 9.98. The second-order valence-corrected chi connectivity index (χ2v) is 7.40. The largest absolute Gasteiger partial charge is 0.497 e. The van der Waals surface area contributed by atoms with Crippen molar-refractivity contribution in [1.29, 1.82) is 0 Å². The van der Waals surface area contributed by atoms with Gasteiger partial charge in [0.1, 0.15) is 11.5 Å². The van der Waals surface area contributed by atoms with Crippen molar-refractivity contribution < 1.29 is 19.1 Å². The van der Waals surface area contributed by atoms with Gasteiger partial charge in [0.2, 0.25) is 5.91 Å². The lowest BCUT2D eigenvalue weighted by molar-refractivity contribution is -0.121. The monoisotopic (exact) mass is 407 g/mol. The lowest BCUT2D eigenvalue weighted by atomic mass is 9.95. The van der Waals surface area contributed by atoms with Gasteiger partial charge >= 0.3 is 0 Å². The Hall–Kier alpha value is -3.48. The highest BCUT2D eigenvalue weighted by Crippen LogP contribution is 2.27. The zero-order valence-corrected chi connectivity index (χ0v) is 17.1. The van der Waals surface area contributed by atoms with Gasteiger partial charge in [-0.15, -0.1) is 0 Å². The maximum Gasteiger partial charge on any atom is 0.254 e. The molecule has 4 rings (SSSR count). The number of amides is 2. The van der Waals surface area contributed by atoms with Crippen molar-refractivity contribution in [1.82, 2.24) is 9.88 Å². The van der Waals surface area contributed by atoms with E-state index in [0.29, 0.717) is 43.0 Å². The Morgan fingerprint density at radius 3 is 2.40 bits per heavy atom. The second-order valence-electron chi connectivity index (χ2n) is 7.40. The summed E-state index contributed by atoms with van der Waals surface area (Å²) in [5.41, 5.74) is 2.32. The number of hydrogen-bond acceptors (Lipinski definition) is 4. The highest BCUT2D eigenvalue weighted by atomic mass is 16.5. The molecule has 1 aromatic heterocycles. The van der Waals surface area contributed by atoms with Crippen LogP contribution in [0.4, 0.5) is 5.69 Å². The van der Waals surface area contributed by atoms with Crippen molar-refractivity contribution in [2.24, 2.45) is 5.92 Å². The van der Waals surface area contributed by atoms with Crippen LogP contribution in [-0.4, -0.2) is 49.0 Å². The minimum atomic E-state index is -0.122. The molecule has 1 aliphatic rings. The van der Waals surface area contributed by atoms with Crippen molar-refractivity contribution in [3.05, 3.63) is 54.2 Å². The molecule has 156 valence electrons. The Balaban J connectivity index is 1.39. The third kappa shape index (κ3) is 3.96.